The topological polar surface area (TPSA) is 62.2 Å². The molecule has 1 heterocycles. The van der Waals surface area contributed by atoms with E-state index in [-0.39, 0.29) is 0 Å². The smallest absolute Gasteiger partial charge is 0.488 e. The summed E-state index contributed by atoms with van der Waals surface area (Å²) in [6.07, 6.45) is 2.19. The molecule has 6 heteroatoms. The van der Waals surface area contributed by atoms with Crippen LogP contribution < -0.4 is 10.2 Å². The minimum absolute atomic E-state index is 0.537. The minimum Gasteiger partial charge on any atom is -0.497 e. The van der Waals surface area contributed by atoms with E-state index in [2.05, 4.69) is 11.9 Å². The highest BCUT2D eigenvalue weighted by molar-refractivity contribution is 6.59. The lowest BCUT2D eigenvalue weighted by Crippen LogP contribution is -2.36. The first-order chi connectivity index (χ1) is 10.1. The highest BCUT2D eigenvalue weighted by atomic mass is 16.5. The van der Waals surface area contributed by atoms with Gasteiger partial charge >= 0.3 is 7.12 Å². The summed E-state index contributed by atoms with van der Waals surface area (Å²) in [6, 6.07) is 5.33. The number of nitrogens with zero attached hydrogens (tertiary/aromatic N) is 1. The minimum atomic E-state index is -1.46. The van der Waals surface area contributed by atoms with Gasteiger partial charge in [0.15, 0.2) is 0 Å². The van der Waals surface area contributed by atoms with Crippen LogP contribution in [0.5, 0.6) is 5.75 Å². The van der Waals surface area contributed by atoms with Crippen LogP contribution in [-0.4, -0.2) is 56.0 Å². The molecule has 21 heavy (non-hydrogen) atoms. The number of hydrogen-bond donors (Lipinski definition) is 2. The zero-order valence-corrected chi connectivity index (χ0v) is 12.8. The molecule has 1 aromatic rings. The second-order valence-corrected chi connectivity index (χ2v) is 5.69. The lowest BCUT2D eigenvalue weighted by Gasteiger charge is -2.27. The van der Waals surface area contributed by atoms with Crippen molar-refractivity contribution >= 4 is 12.6 Å². The van der Waals surface area contributed by atoms with Crippen LogP contribution in [0.15, 0.2) is 18.2 Å². The van der Waals surface area contributed by atoms with Gasteiger partial charge < -0.3 is 24.4 Å². The molecule has 0 amide bonds. The van der Waals surface area contributed by atoms with Crippen LogP contribution in [0.25, 0.3) is 0 Å². The molecule has 1 aliphatic heterocycles. The Morgan fingerprint density at radius 3 is 2.67 bits per heavy atom. The molecule has 5 nitrogen and oxygen atoms in total. The lowest BCUT2D eigenvalue weighted by molar-refractivity contribution is 0.0550. The number of methoxy groups -OCH3 is 1. The van der Waals surface area contributed by atoms with Crippen LogP contribution in [0.2, 0.25) is 0 Å². The zero-order chi connectivity index (χ0) is 15.2. The highest BCUT2D eigenvalue weighted by Crippen LogP contribution is 2.18. The molecule has 0 unspecified atom stereocenters. The molecule has 1 aliphatic rings. The van der Waals surface area contributed by atoms with Crippen molar-refractivity contribution in [3.05, 3.63) is 23.8 Å². The van der Waals surface area contributed by atoms with Crippen molar-refractivity contribution in [2.45, 2.75) is 19.4 Å². The summed E-state index contributed by atoms with van der Waals surface area (Å²) in [5.74, 6) is 1.38. The number of hydrogen-bond acceptors (Lipinski definition) is 5. The van der Waals surface area contributed by atoms with Crippen molar-refractivity contribution in [2.75, 3.05) is 33.9 Å². The maximum atomic E-state index is 9.48. The molecule has 0 atom stereocenters. The van der Waals surface area contributed by atoms with Crippen molar-refractivity contribution in [3.8, 4) is 5.75 Å². The summed E-state index contributed by atoms with van der Waals surface area (Å²) in [5.41, 5.74) is 1.42. The van der Waals surface area contributed by atoms with E-state index in [4.69, 9.17) is 9.47 Å². The first-order valence-electron chi connectivity index (χ1n) is 7.39. The Bertz CT molecular complexity index is 449. The standard InChI is InChI=1S/C15H24BNO4/c1-17(10-12-5-7-21-8-6-12)11-13-9-14(20-2)3-4-15(13)16(18)19/h3-4,9,12,18-19H,5-8,10-11H2,1-2H3. The predicted octanol–water partition coefficient (Wildman–Crippen LogP) is 0.233. The van der Waals surface area contributed by atoms with E-state index >= 15 is 0 Å². The van der Waals surface area contributed by atoms with Gasteiger partial charge in [-0.25, -0.2) is 0 Å². The van der Waals surface area contributed by atoms with Crippen molar-refractivity contribution in [1.82, 2.24) is 4.90 Å². The van der Waals surface area contributed by atoms with Gasteiger partial charge in [0.1, 0.15) is 5.75 Å². The normalized spacial score (nSPS) is 16.2. The second-order valence-electron chi connectivity index (χ2n) is 5.69. The van der Waals surface area contributed by atoms with Crippen LogP contribution >= 0.6 is 0 Å². The lowest BCUT2D eigenvalue weighted by atomic mass is 9.77. The number of ether oxygens (including phenoxy) is 2. The Balaban J connectivity index is 2.02. The Morgan fingerprint density at radius 2 is 2.05 bits per heavy atom. The van der Waals surface area contributed by atoms with Crippen LogP contribution in [-0.2, 0) is 11.3 Å². The van der Waals surface area contributed by atoms with E-state index < -0.39 is 7.12 Å². The van der Waals surface area contributed by atoms with E-state index in [0.29, 0.717) is 17.9 Å². The molecule has 2 rings (SSSR count). The summed E-state index contributed by atoms with van der Waals surface area (Å²) in [7, 11) is 2.21. The molecule has 0 radical (unpaired) electrons. The van der Waals surface area contributed by atoms with E-state index in [9.17, 15) is 10.0 Å². The first kappa shape index (κ1) is 16.3. The third kappa shape index (κ3) is 4.71. The van der Waals surface area contributed by atoms with Gasteiger partial charge in [-0.1, -0.05) is 6.07 Å². The fourth-order valence-corrected chi connectivity index (χ4v) is 2.82. The summed E-state index contributed by atoms with van der Waals surface area (Å²) in [4.78, 5) is 2.22. The average molecular weight is 293 g/mol. The molecule has 0 aliphatic carbocycles. The molecule has 116 valence electrons. The Kier molecular flexibility index (Phi) is 6.05. The van der Waals surface area contributed by atoms with Crippen molar-refractivity contribution in [1.29, 1.82) is 0 Å². The number of rotatable bonds is 6. The van der Waals surface area contributed by atoms with E-state index in [1.54, 1.807) is 19.2 Å². The Morgan fingerprint density at radius 1 is 1.33 bits per heavy atom. The monoisotopic (exact) mass is 293 g/mol. The third-order valence-corrected chi connectivity index (χ3v) is 3.98. The summed E-state index contributed by atoms with van der Waals surface area (Å²) < 4.78 is 10.6. The van der Waals surface area contributed by atoms with Gasteiger partial charge in [-0.05, 0) is 49.0 Å². The summed E-state index contributed by atoms with van der Waals surface area (Å²) in [6.45, 7) is 3.35. The van der Waals surface area contributed by atoms with Gasteiger partial charge in [-0.3, -0.25) is 0 Å². The maximum Gasteiger partial charge on any atom is 0.488 e. The molecule has 0 aromatic heterocycles. The van der Waals surface area contributed by atoms with Crippen molar-refractivity contribution in [2.24, 2.45) is 5.92 Å². The largest absolute Gasteiger partial charge is 0.497 e. The van der Waals surface area contributed by atoms with Gasteiger partial charge in [0.25, 0.3) is 0 Å². The molecule has 0 spiro atoms. The molecular weight excluding hydrogens is 269 g/mol. The fourth-order valence-electron chi connectivity index (χ4n) is 2.82. The van der Waals surface area contributed by atoms with Crippen LogP contribution in [0, 0.1) is 5.92 Å². The van der Waals surface area contributed by atoms with Crippen LogP contribution in [0.3, 0.4) is 0 Å². The molecule has 2 N–H and O–H groups in total. The second kappa shape index (κ2) is 7.80. The van der Waals surface area contributed by atoms with Gasteiger partial charge in [-0.2, -0.15) is 0 Å². The molecule has 0 bridgehead atoms. The van der Waals surface area contributed by atoms with Gasteiger partial charge in [0.05, 0.1) is 7.11 Å². The summed E-state index contributed by atoms with van der Waals surface area (Å²) in [5, 5.41) is 19.0. The van der Waals surface area contributed by atoms with Gasteiger partial charge in [0, 0.05) is 26.3 Å². The molecular formula is C15H24BNO4. The zero-order valence-electron chi connectivity index (χ0n) is 12.8. The van der Waals surface area contributed by atoms with E-state index in [0.717, 1.165) is 43.9 Å². The van der Waals surface area contributed by atoms with E-state index in [1.807, 2.05) is 6.07 Å². The SMILES string of the molecule is COc1ccc(B(O)O)c(CN(C)CC2CCOCC2)c1. The maximum absolute atomic E-state index is 9.48. The molecule has 1 fully saturated rings. The third-order valence-electron chi connectivity index (χ3n) is 3.98. The molecule has 1 aromatic carbocycles. The van der Waals surface area contributed by atoms with Crippen molar-refractivity contribution < 1.29 is 19.5 Å². The predicted molar refractivity (Wildman–Crippen MR) is 82.7 cm³/mol. The Hall–Kier alpha value is -1.08. The quantitative estimate of drug-likeness (QED) is 0.735. The van der Waals surface area contributed by atoms with E-state index in [1.165, 1.54) is 0 Å². The highest BCUT2D eigenvalue weighted by Gasteiger charge is 2.20. The van der Waals surface area contributed by atoms with Crippen LogP contribution in [0.4, 0.5) is 0 Å². The fraction of sp³-hybridized carbons (Fsp3) is 0.600. The van der Waals surface area contributed by atoms with Gasteiger partial charge in [0.2, 0.25) is 0 Å². The summed E-state index contributed by atoms with van der Waals surface area (Å²) >= 11 is 0. The molecule has 1 saturated heterocycles. The Labute approximate surface area is 126 Å². The molecule has 0 saturated carbocycles. The first-order valence-corrected chi connectivity index (χ1v) is 7.39. The van der Waals surface area contributed by atoms with Gasteiger partial charge in [-0.15, -0.1) is 0 Å². The van der Waals surface area contributed by atoms with Crippen molar-refractivity contribution in [3.63, 3.8) is 0 Å². The number of benzene rings is 1. The average Bonchev–Trinajstić information content (AvgIpc) is 2.47. The van der Waals surface area contributed by atoms with Crippen LogP contribution in [0.1, 0.15) is 18.4 Å².